The highest BCUT2D eigenvalue weighted by molar-refractivity contribution is 9.10. The van der Waals surface area contributed by atoms with Gasteiger partial charge < -0.3 is 5.11 Å². The normalized spacial score (nSPS) is 12.6. The van der Waals surface area contributed by atoms with Crippen molar-refractivity contribution >= 4 is 33.2 Å². The molecule has 0 radical (unpaired) electrons. The molecule has 2 N–H and O–H groups in total. The Balaban J connectivity index is 2.40. The lowest BCUT2D eigenvalue weighted by Crippen LogP contribution is -2.35. The van der Waals surface area contributed by atoms with Crippen LogP contribution in [0.25, 0.3) is 0 Å². The highest BCUT2D eigenvalue weighted by Gasteiger charge is 2.15. The second-order valence-electron chi connectivity index (χ2n) is 3.65. The van der Waals surface area contributed by atoms with Crippen molar-refractivity contribution in [2.45, 2.75) is 38.8 Å². The molecule has 0 aliphatic carbocycles. The third kappa shape index (κ3) is 4.63. The molecule has 1 aromatic heterocycles. The van der Waals surface area contributed by atoms with Crippen molar-refractivity contribution < 1.29 is 9.90 Å². The SMILES string of the molecule is CCCC[C@H](NCc1cc(Br)cs1)C(=O)O. The van der Waals surface area contributed by atoms with Crippen molar-refractivity contribution in [2.75, 3.05) is 0 Å². The Kier molecular flexibility index (Phi) is 6.01. The molecule has 1 aromatic rings. The summed E-state index contributed by atoms with van der Waals surface area (Å²) < 4.78 is 1.05. The van der Waals surface area contributed by atoms with Gasteiger partial charge >= 0.3 is 5.97 Å². The van der Waals surface area contributed by atoms with Gasteiger partial charge in [0, 0.05) is 21.3 Å². The Morgan fingerprint density at radius 1 is 1.69 bits per heavy atom. The lowest BCUT2D eigenvalue weighted by molar-refractivity contribution is -0.139. The maximum atomic E-state index is 11.0. The molecule has 1 heterocycles. The van der Waals surface area contributed by atoms with Crippen LogP contribution in [0.2, 0.25) is 0 Å². The monoisotopic (exact) mass is 305 g/mol. The summed E-state index contributed by atoms with van der Waals surface area (Å²) in [6, 6.07) is 1.58. The number of hydrogen-bond acceptors (Lipinski definition) is 3. The van der Waals surface area contributed by atoms with Gasteiger partial charge in [-0.1, -0.05) is 19.8 Å². The third-order valence-electron chi connectivity index (χ3n) is 2.29. The van der Waals surface area contributed by atoms with E-state index in [2.05, 4.69) is 28.2 Å². The number of carboxylic acid groups (broad SMARTS) is 1. The largest absolute Gasteiger partial charge is 0.480 e. The summed E-state index contributed by atoms with van der Waals surface area (Å²) in [6.45, 7) is 2.69. The van der Waals surface area contributed by atoms with E-state index in [-0.39, 0.29) is 0 Å². The van der Waals surface area contributed by atoms with Crippen LogP contribution in [-0.4, -0.2) is 17.1 Å². The Bertz CT molecular complexity index is 340. The first kappa shape index (κ1) is 13.7. The number of nitrogens with one attached hydrogen (secondary N) is 1. The Morgan fingerprint density at radius 3 is 2.94 bits per heavy atom. The number of halogens is 1. The van der Waals surface area contributed by atoms with Gasteiger partial charge in [0.15, 0.2) is 0 Å². The van der Waals surface area contributed by atoms with Crippen molar-refractivity contribution in [2.24, 2.45) is 0 Å². The van der Waals surface area contributed by atoms with Crippen LogP contribution in [0, 0.1) is 0 Å². The van der Waals surface area contributed by atoms with Crippen molar-refractivity contribution in [3.8, 4) is 0 Å². The van der Waals surface area contributed by atoms with Gasteiger partial charge in [-0.05, 0) is 28.4 Å². The van der Waals surface area contributed by atoms with Gasteiger partial charge in [0.1, 0.15) is 6.04 Å². The second kappa shape index (κ2) is 7.04. The van der Waals surface area contributed by atoms with Crippen LogP contribution in [0.5, 0.6) is 0 Å². The molecule has 0 saturated heterocycles. The fourth-order valence-corrected chi connectivity index (χ4v) is 2.79. The highest BCUT2D eigenvalue weighted by atomic mass is 79.9. The molecule has 0 spiro atoms. The molecule has 0 aliphatic rings. The van der Waals surface area contributed by atoms with Crippen LogP contribution in [-0.2, 0) is 11.3 Å². The van der Waals surface area contributed by atoms with E-state index in [4.69, 9.17) is 5.11 Å². The molecular formula is C11H16BrNO2S. The average Bonchev–Trinajstić information content (AvgIpc) is 2.64. The van der Waals surface area contributed by atoms with Crippen molar-refractivity contribution in [1.82, 2.24) is 5.32 Å². The molecule has 90 valence electrons. The molecule has 0 saturated carbocycles. The maximum absolute atomic E-state index is 11.0. The molecule has 5 heteroatoms. The predicted molar refractivity (Wildman–Crippen MR) is 69.8 cm³/mol. The van der Waals surface area contributed by atoms with Gasteiger partial charge in [0.25, 0.3) is 0 Å². The van der Waals surface area contributed by atoms with Gasteiger partial charge in [-0.15, -0.1) is 11.3 Å². The van der Waals surface area contributed by atoms with Crippen molar-refractivity contribution in [3.05, 3.63) is 20.8 Å². The van der Waals surface area contributed by atoms with E-state index in [0.717, 1.165) is 22.2 Å². The number of hydrogen-bond donors (Lipinski definition) is 2. The van der Waals surface area contributed by atoms with Gasteiger partial charge in [-0.25, -0.2) is 0 Å². The quantitative estimate of drug-likeness (QED) is 0.813. The molecule has 0 aliphatic heterocycles. The summed E-state index contributed by atoms with van der Waals surface area (Å²) in [5.41, 5.74) is 0. The number of thiophene rings is 1. The van der Waals surface area contributed by atoms with E-state index in [0.29, 0.717) is 13.0 Å². The minimum Gasteiger partial charge on any atom is -0.480 e. The molecule has 1 rings (SSSR count). The van der Waals surface area contributed by atoms with Crippen LogP contribution in [0.15, 0.2) is 15.9 Å². The molecule has 1 atom stereocenters. The fourth-order valence-electron chi connectivity index (χ4n) is 1.39. The molecule has 16 heavy (non-hydrogen) atoms. The predicted octanol–water partition coefficient (Wildman–Crippen LogP) is 3.24. The summed E-state index contributed by atoms with van der Waals surface area (Å²) in [4.78, 5) is 12.1. The van der Waals surface area contributed by atoms with Gasteiger partial charge in [0.2, 0.25) is 0 Å². The van der Waals surface area contributed by atoms with Crippen LogP contribution in [0.1, 0.15) is 31.1 Å². The molecular weight excluding hydrogens is 290 g/mol. The van der Waals surface area contributed by atoms with E-state index in [1.165, 1.54) is 0 Å². The van der Waals surface area contributed by atoms with Crippen LogP contribution >= 0.6 is 27.3 Å². The Labute approximate surface area is 108 Å². The van der Waals surface area contributed by atoms with Crippen LogP contribution < -0.4 is 5.32 Å². The first-order valence-electron chi connectivity index (χ1n) is 5.32. The second-order valence-corrected chi connectivity index (χ2v) is 5.56. The third-order valence-corrected chi connectivity index (χ3v) is 3.99. The molecule has 3 nitrogen and oxygen atoms in total. The zero-order valence-electron chi connectivity index (χ0n) is 9.20. The van der Waals surface area contributed by atoms with E-state index >= 15 is 0 Å². The number of carboxylic acids is 1. The number of aliphatic carboxylic acids is 1. The van der Waals surface area contributed by atoms with E-state index in [1.807, 2.05) is 11.4 Å². The standard InChI is InChI=1S/C11H16BrNO2S/c1-2-3-4-10(11(14)15)13-6-9-5-8(12)7-16-9/h5,7,10,13H,2-4,6H2,1H3,(H,14,15)/t10-/m0/s1. The van der Waals surface area contributed by atoms with Gasteiger partial charge in [-0.2, -0.15) is 0 Å². The summed E-state index contributed by atoms with van der Waals surface area (Å²) in [7, 11) is 0. The Morgan fingerprint density at radius 2 is 2.44 bits per heavy atom. The lowest BCUT2D eigenvalue weighted by Gasteiger charge is -2.12. The molecule has 0 aromatic carbocycles. The number of rotatable bonds is 7. The molecule has 0 unspecified atom stereocenters. The van der Waals surface area contributed by atoms with E-state index < -0.39 is 12.0 Å². The Hall–Kier alpha value is -0.390. The summed E-state index contributed by atoms with van der Waals surface area (Å²) in [5.74, 6) is -0.760. The first-order chi connectivity index (χ1) is 7.63. The smallest absolute Gasteiger partial charge is 0.320 e. The number of carbonyl (C=O) groups is 1. The summed E-state index contributed by atoms with van der Waals surface area (Å²) in [5, 5.41) is 14.1. The lowest BCUT2D eigenvalue weighted by atomic mass is 10.1. The van der Waals surface area contributed by atoms with E-state index in [1.54, 1.807) is 11.3 Å². The van der Waals surface area contributed by atoms with Gasteiger partial charge in [0.05, 0.1) is 0 Å². The summed E-state index contributed by atoms with van der Waals surface area (Å²) in [6.07, 6.45) is 2.66. The fraction of sp³-hybridized carbons (Fsp3) is 0.545. The first-order valence-corrected chi connectivity index (χ1v) is 7.00. The molecule has 0 amide bonds. The minimum atomic E-state index is -0.760. The minimum absolute atomic E-state index is 0.430. The van der Waals surface area contributed by atoms with Crippen molar-refractivity contribution in [3.63, 3.8) is 0 Å². The molecule has 0 fully saturated rings. The zero-order chi connectivity index (χ0) is 12.0. The van der Waals surface area contributed by atoms with Crippen LogP contribution in [0.3, 0.4) is 0 Å². The average molecular weight is 306 g/mol. The zero-order valence-corrected chi connectivity index (χ0v) is 11.6. The highest BCUT2D eigenvalue weighted by Crippen LogP contribution is 2.19. The summed E-state index contributed by atoms with van der Waals surface area (Å²) >= 11 is 5.00. The van der Waals surface area contributed by atoms with Gasteiger partial charge in [-0.3, -0.25) is 10.1 Å². The topological polar surface area (TPSA) is 49.3 Å². The van der Waals surface area contributed by atoms with Crippen LogP contribution in [0.4, 0.5) is 0 Å². The maximum Gasteiger partial charge on any atom is 0.320 e. The number of unbranched alkanes of at least 4 members (excludes halogenated alkanes) is 1. The van der Waals surface area contributed by atoms with Crippen molar-refractivity contribution in [1.29, 1.82) is 0 Å². The molecule has 0 bridgehead atoms. The van der Waals surface area contributed by atoms with E-state index in [9.17, 15) is 4.79 Å².